The second-order valence-electron chi connectivity index (χ2n) is 5.08. The molecule has 1 aliphatic rings. The number of halogens is 1. The average molecular weight is 276 g/mol. The first kappa shape index (κ1) is 12.6. The molecule has 4 heteroatoms. The first-order valence-electron chi connectivity index (χ1n) is 6.49. The van der Waals surface area contributed by atoms with Crippen molar-refractivity contribution in [1.82, 2.24) is 0 Å². The van der Waals surface area contributed by atoms with Crippen LogP contribution in [0.3, 0.4) is 0 Å². The number of anilines is 1. The first-order valence-corrected chi connectivity index (χ1v) is 7.44. The molecule has 1 aromatic heterocycles. The summed E-state index contributed by atoms with van der Waals surface area (Å²) >= 11 is 1.67. The second-order valence-corrected chi connectivity index (χ2v) is 5.86. The van der Waals surface area contributed by atoms with Gasteiger partial charge in [0.25, 0.3) is 0 Å². The molecule has 0 aliphatic carbocycles. The summed E-state index contributed by atoms with van der Waals surface area (Å²) in [7, 11) is 0. The van der Waals surface area contributed by atoms with Crippen LogP contribution in [0.4, 0.5) is 10.1 Å². The van der Waals surface area contributed by atoms with E-state index in [9.17, 15) is 4.39 Å². The monoisotopic (exact) mass is 276 g/mol. The van der Waals surface area contributed by atoms with Gasteiger partial charge in [0.15, 0.2) is 0 Å². The number of nitrogens with two attached hydrogens (primary N) is 1. The molecule has 100 valence electrons. The van der Waals surface area contributed by atoms with Gasteiger partial charge in [-0.15, -0.1) is 0 Å². The normalized spacial score (nSPS) is 17.3. The molecule has 2 heterocycles. The summed E-state index contributed by atoms with van der Waals surface area (Å²) in [4.78, 5) is 2.24. The summed E-state index contributed by atoms with van der Waals surface area (Å²) in [6.07, 6.45) is 0.961. The molecule has 2 aromatic rings. The fraction of sp³-hybridized carbons (Fsp3) is 0.333. The van der Waals surface area contributed by atoms with E-state index in [-0.39, 0.29) is 17.9 Å². The van der Waals surface area contributed by atoms with E-state index in [1.54, 1.807) is 17.4 Å². The van der Waals surface area contributed by atoms with E-state index in [0.29, 0.717) is 0 Å². The Hall–Kier alpha value is -1.39. The Balaban J connectivity index is 2.01. The van der Waals surface area contributed by atoms with E-state index >= 15 is 0 Å². The number of fused-ring (bicyclic) bond motifs is 1. The predicted molar refractivity (Wildman–Crippen MR) is 78.2 cm³/mol. The zero-order valence-corrected chi connectivity index (χ0v) is 11.7. The van der Waals surface area contributed by atoms with Crippen LogP contribution in [-0.2, 0) is 6.42 Å². The maximum atomic E-state index is 13.5. The molecule has 3 rings (SSSR count). The van der Waals surface area contributed by atoms with Gasteiger partial charge >= 0.3 is 0 Å². The van der Waals surface area contributed by atoms with Gasteiger partial charge < -0.3 is 10.6 Å². The van der Waals surface area contributed by atoms with Gasteiger partial charge in [0.1, 0.15) is 5.82 Å². The molecule has 0 spiro atoms. The molecule has 2 nitrogen and oxygen atoms in total. The maximum absolute atomic E-state index is 13.5. The van der Waals surface area contributed by atoms with Crippen LogP contribution in [0.25, 0.3) is 0 Å². The summed E-state index contributed by atoms with van der Waals surface area (Å²) in [5.41, 5.74) is 9.60. The predicted octanol–water partition coefficient (Wildman–Crippen LogP) is 3.34. The quantitative estimate of drug-likeness (QED) is 0.931. The van der Waals surface area contributed by atoms with Crippen LogP contribution in [0, 0.1) is 5.82 Å². The fourth-order valence-electron chi connectivity index (χ4n) is 2.88. The minimum atomic E-state index is -0.181. The van der Waals surface area contributed by atoms with Crippen LogP contribution in [-0.4, -0.2) is 12.6 Å². The molecule has 0 bridgehead atoms. The van der Waals surface area contributed by atoms with E-state index in [1.165, 1.54) is 17.2 Å². The lowest BCUT2D eigenvalue weighted by molar-refractivity contribution is 0.541. The third-order valence-electron chi connectivity index (χ3n) is 3.70. The van der Waals surface area contributed by atoms with Crippen LogP contribution in [0.1, 0.15) is 24.1 Å². The van der Waals surface area contributed by atoms with E-state index in [4.69, 9.17) is 5.73 Å². The van der Waals surface area contributed by atoms with Gasteiger partial charge in [0, 0.05) is 18.3 Å². The van der Waals surface area contributed by atoms with Crippen LogP contribution >= 0.6 is 11.3 Å². The van der Waals surface area contributed by atoms with Crippen LogP contribution < -0.4 is 10.6 Å². The third kappa shape index (κ3) is 2.26. The largest absolute Gasteiger partial charge is 0.362 e. The van der Waals surface area contributed by atoms with Gasteiger partial charge in [-0.25, -0.2) is 4.39 Å². The highest BCUT2D eigenvalue weighted by atomic mass is 32.1. The highest BCUT2D eigenvalue weighted by Crippen LogP contribution is 2.37. The van der Waals surface area contributed by atoms with E-state index < -0.39 is 0 Å². The van der Waals surface area contributed by atoms with Crippen molar-refractivity contribution < 1.29 is 4.39 Å². The molecule has 2 atom stereocenters. The van der Waals surface area contributed by atoms with Gasteiger partial charge in [-0.05, 0) is 53.4 Å². The Bertz CT molecular complexity index is 566. The summed E-state index contributed by atoms with van der Waals surface area (Å²) in [5, 5.41) is 4.19. The molecule has 0 saturated carbocycles. The molecule has 1 aliphatic heterocycles. The van der Waals surface area contributed by atoms with Crippen molar-refractivity contribution >= 4 is 17.0 Å². The fourth-order valence-corrected chi connectivity index (χ4v) is 3.57. The number of benzene rings is 1. The number of rotatable bonds is 3. The SMILES string of the molecule is CC(N)C(c1ccsc1)N1CCc2ccc(F)cc21. The van der Waals surface area contributed by atoms with Gasteiger partial charge in [-0.2, -0.15) is 11.3 Å². The van der Waals surface area contributed by atoms with E-state index in [0.717, 1.165) is 18.7 Å². The number of hydrogen-bond acceptors (Lipinski definition) is 3. The van der Waals surface area contributed by atoms with Crippen molar-refractivity contribution in [3.05, 3.63) is 52.0 Å². The minimum absolute atomic E-state index is 0.00353. The van der Waals surface area contributed by atoms with Crippen LogP contribution in [0.2, 0.25) is 0 Å². The summed E-state index contributed by atoms with van der Waals surface area (Å²) < 4.78 is 13.5. The van der Waals surface area contributed by atoms with E-state index in [1.807, 2.05) is 13.0 Å². The highest BCUT2D eigenvalue weighted by molar-refractivity contribution is 7.08. The minimum Gasteiger partial charge on any atom is -0.362 e. The van der Waals surface area contributed by atoms with Crippen LogP contribution in [0.5, 0.6) is 0 Å². The average Bonchev–Trinajstić information content (AvgIpc) is 3.00. The third-order valence-corrected chi connectivity index (χ3v) is 4.40. The maximum Gasteiger partial charge on any atom is 0.125 e. The summed E-state index contributed by atoms with van der Waals surface area (Å²) in [6, 6.07) is 7.28. The molecule has 2 unspecified atom stereocenters. The molecule has 1 aromatic carbocycles. The topological polar surface area (TPSA) is 29.3 Å². The van der Waals surface area contributed by atoms with Crippen molar-refractivity contribution in [1.29, 1.82) is 0 Å². The van der Waals surface area contributed by atoms with Crippen molar-refractivity contribution in [2.75, 3.05) is 11.4 Å². The zero-order chi connectivity index (χ0) is 13.4. The standard InChI is InChI=1S/C15H17FN2S/c1-10(17)15(12-5-7-19-9-12)18-6-4-11-2-3-13(16)8-14(11)18/h2-3,5,7-10,15H,4,6,17H2,1H3. The molecule has 0 saturated heterocycles. The Morgan fingerprint density at radius 1 is 1.37 bits per heavy atom. The van der Waals surface area contributed by atoms with Crippen molar-refractivity contribution in [2.24, 2.45) is 5.73 Å². The Labute approximate surface area is 116 Å². The number of thiophene rings is 1. The van der Waals surface area contributed by atoms with Crippen LogP contribution in [0.15, 0.2) is 35.0 Å². The number of nitrogens with zero attached hydrogens (tertiary/aromatic N) is 1. The Morgan fingerprint density at radius 2 is 2.21 bits per heavy atom. The number of hydrogen-bond donors (Lipinski definition) is 1. The smallest absolute Gasteiger partial charge is 0.125 e. The van der Waals surface area contributed by atoms with Crippen molar-refractivity contribution in [3.8, 4) is 0 Å². The van der Waals surface area contributed by atoms with Crippen molar-refractivity contribution in [3.63, 3.8) is 0 Å². The van der Waals surface area contributed by atoms with Gasteiger partial charge in [-0.3, -0.25) is 0 Å². The van der Waals surface area contributed by atoms with Gasteiger partial charge in [0.05, 0.1) is 6.04 Å². The molecule has 2 N–H and O–H groups in total. The molecular weight excluding hydrogens is 259 g/mol. The zero-order valence-electron chi connectivity index (χ0n) is 10.8. The second kappa shape index (κ2) is 4.94. The van der Waals surface area contributed by atoms with Gasteiger partial charge in [0.2, 0.25) is 0 Å². The Kier molecular flexibility index (Phi) is 3.29. The van der Waals surface area contributed by atoms with E-state index in [2.05, 4.69) is 21.7 Å². The summed E-state index contributed by atoms with van der Waals surface area (Å²) in [6.45, 7) is 2.92. The summed E-state index contributed by atoms with van der Waals surface area (Å²) in [5.74, 6) is -0.181. The highest BCUT2D eigenvalue weighted by Gasteiger charge is 2.30. The first-order chi connectivity index (χ1) is 9.16. The van der Waals surface area contributed by atoms with Gasteiger partial charge in [-0.1, -0.05) is 6.07 Å². The molecule has 19 heavy (non-hydrogen) atoms. The molecule has 0 radical (unpaired) electrons. The van der Waals surface area contributed by atoms with Crippen molar-refractivity contribution in [2.45, 2.75) is 25.4 Å². The lowest BCUT2D eigenvalue weighted by Crippen LogP contribution is -2.38. The molecular formula is C15H17FN2S. The Morgan fingerprint density at radius 3 is 2.89 bits per heavy atom. The molecule has 0 amide bonds. The lowest BCUT2D eigenvalue weighted by atomic mass is 10.0. The molecule has 0 fully saturated rings. The lowest BCUT2D eigenvalue weighted by Gasteiger charge is -2.33.